The van der Waals surface area contributed by atoms with Crippen molar-refractivity contribution in [1.82, 2.24) is 0 Å². The summed E-state index contributed by atoms with van der Waals surface area (Å²) in [7, 11) is 3.19. The summed E-state index contributed by atoms with van der Waals surface area (Å²) in [5, 5.41) is 22.7. The maximum absolute atomic E-state index is 12.8. The lowest BCUT2D eigenvalue weighted by Crippen LogP contribution is -2.40. The highest BCUT2D eigenvalue weighted by molar-refractivity contribution is 5.75. The standard InChI is InChI=1S/C35H52O15.3C2H6O/c1-4-35(16-41-9-12-44-32(36)19-5-7-22-28(47-22)25(19)39-2,17-42-10-13-45-33(37)20-6-8-23-29(48-23)26(20)40-3)18-43-11-14-46-34(38)21-15-24-30-31(50-30)27(21)49-24;3*1-2-3/h19-31H,4-18H2,1-3H3;3*3H,2H2,1H3. The van der Waals surface area contributed by atoms with Crippen LogP contribution in [-0.4, -0.2) is 188 Å². The minimum Gasteiger partial charge on any atom is -0.463 e. The molecule has 0 aromatic heterocycles. The maximum atomic E-state index is 12.8. The van der Waals surface area contributed by atoms with Gasteiger partial charge in [-0.3, -0.25) is 14.4 Å². The smallest absolute Gasteiger partial charge is 0.311 e. The van der Waals surface area contributed by atoms with Crippen LogP contribution in [0.2, 0.25) is 0 Å². The molecule has 0 amide bonds. The molecule has 13 atom stereocenters. The van der Waals surface area contributed by atoms with Gasteiger partial charge in [-0.05, 0) is 59.3 Å². The third-order valence-corrected chi connectivity index (χ3v) is 11.5. The normalized spacial score (nSPS) is 34.6. The van der Waals surface area contributed by atoms with E-state index in [0.29, 0.717) is 25.7 Å². The first-order valence-corrected chi connectivity index (χ1v) is 21.3. The molecule has 2 saturated carbocycles. The van der Waals surface area contributed by atoms with Gasteiger partial charge in [-0.15, -0.1) is 0 Å². The zero-order chi connectivity index (χ0) is 43.0. The van der Waals surface area contributed by atoms with E-state index in [2.05, 4.69) is 0 Å². The zero-order valence-electron chi connectivity index (χ0n) is 35.7. The average Bonchev–Trinajstić information content (AvgIpc) is 4.18. The quantitative estimate of drug-likeness (QED) is 0.0633. The minimum atomic E-state index is -0.555. The molecule has 0 spiro atoms. The van der Waals surface area contributed by atoms with E-state index < -0.39 is 5.41 Å². The number of carbonyl (C=O) groups is 3. The van der Waals surface area contributed by atoms with E-state index in [1.54, 1.807) is 35.0 Å². The Morgan fingerprint density at radius 1 is 0.508 bits per heavy atom. The van der Waals surface area contributed by atoms with Gasteiger partial charge in [-0.25, -0.2) is 0 Å². The van der Waals surface area contributed by atoms with Gasteiger partial charge in [-0.1, -0.05) is 6.92 Å². The van der Waals surface area contributed by atoms with Gasteiger partial charge in [0.15, 0.2) is 0 Å². The summed E-state index contributed by atoms with van der Waals surface area (Å²) in [5.74, 6) is -1.88. The zero-order valence-corrected chi connectivity index (χ0v) is 35.7. The highest BCUT2D eigenvalue weighted by atomic mass is 16.7. The number of esters is 3. The van der Waals surface area contributed by atoms with Gasteiger partial charge in [0.2, 0.25) is 0 Å². The van der Waals surface area contributed by atoms with Crippen molar-refractivity contribution < 1.29 is 86.5 Å². The molecule has 18 heteroatoms. The fourth-order valence-electron chi connectivity index (χ4n) is 8.34. The number of hydrogen-bond acceptors (Lipinski definition) is 18. The molecular weight excluding hydrogens is 780 g/mol. The summed E-state index contributed by atoms with van der Waals surface area (Å²) in [6, 6.07) is 0. The molecule has 5 heterocycles. The van der Waals surface area contributed by atoms with E-state index in [9.17, 15) is 14.4 Å². The third kappa shape index (κ3) is 14.0. The Balaban J connectivity index is 0.000000785. The topological polar surface area (TPSA) is 233 Å². The van der Waals surface area contributed by atoms with Crippen molar-refractivity contribution >= 4 is 17.9 Å². The van der Waals surface area contributed by atoms with Crippen LogP contribution in [0, 0.1) is 23.2 Å². The van der Waals surface area contributed by atoms with Crippen LogP contribution in [0.3, 0.4) is 0 Å². The fourth-order valence-corrected chi connectivity index (χ4v) is 8.34. The number of carbonyl (C=O) groups excluding carboxylic acids is 3. The summed E-state index contributed by atoms with van der Waals surface area (Å²) in [6.07, 6.45) is 4.02. The van der Waals surface area contributed by atoms with Gasteiger partial charge < -0.3 is 72.2 Å². The van der Waals surface area contributed by atoms with Crippen molar-refractivity contribution in [2.75, 3.05) is 93.5 Å². The lowest BCUT2D eigenvalue weighted by molar-refractivity contribution is -0.158. The van der Waals surface area contributed by atoms with Gasteiger partial charge in [0, 0.05) is 39.5 Å². The van der Waals surface area contributed by atoms with Crippen molar-refractivity contribution in [3.63, 3.8) is 0 Å². The van der Waals surface area contributed by atoms with Crippen LogP contribution in [-0.2, 0) is 71.2 Å². The van der Waals surface area contributed by atoms with Gasteiger partial charge in [0.05, 0.1) is 87.9 Å². The Labute approximate surface area is 348 Å². The molecule has 7 aliphatic rings. The summed E-state index contributed by atoms with van der Waals surface area (Å²) < 4.78 is 68.3. The molecule has 18 nitrogen and oxygen atoms in total. The molecule has 7 fully saturated rings. The van der Waals surface area contributed by atoms with E-state index in [1.165, 1.54) is 0 Å². The number of aliphatic hydroxyl groups is 3. The first-order valence-electron chi connectivity index (χ1n) is 21.3. The number of ether oxygens (including phenoxy) is 12. The fraction of sp³-hybridized carbons (Fsp3) is 0.927. The molecular formula is C41H70O18. The van der Waals surface area contributed by atoms with E-state index in [4.69, 9.17) is 72.2 Å². The van der Waals surface area contributed by atoms with Crippen molar-refractivity contribution in [2.24, 2.45) is 23.2 Å². The molecule has 3 N–H and O–H groups in total. The van der Waals surface area contributed by atoms with Gasteiger partial charge in [0.1, 0.15) is 50.3 Å². The second kappa shape index (κ2) is 25.1. The number of hydrogen-bond donors (Lipinski definition) is 3. The molecule has 2 aliphatic carbocycles. The summed E-state index contributed by atoms with van der Waals surface area (Å²) >= 11 is 0. The molecule has 59 heavy (non-hydrogen) atoms. The van der Waals surface area contributed by atoms with E-state index in [-0.39, 0.29) is 176 Å². The molecule has 7 rings (SSSR count). The molecule has 0 aromatic rings. The first-order chi connectivity index (χ1) is 28.6. The van der Waals surface area contributed by atoms with Gasteiger partial charge >= 0.3 is 17.9 Å². The Morgan fingerprint density at radius 3 is 1.25 bits per heavy atom. The lowest BCUT2D eigenvalue weighted by atomic mass is 9.86. The van der Waals surface area contributed by atoms with Crippen molar-refractivity contribution in [3.05, 3.63) is 0 Å². The number of rotatable bonds is 21. The second-order valence-corrected chi connectivity index (χ2v) is 15.6. The minimum absolute atomic E-state index is 0.000254. The largest absolute Gasteiger partial charge is 0.463 e. The van der Waals surface area contributed by atoms with Crippen molar-refractivity contribution in [1.29, 1.82) is 0 Å². The Hall–Kier alpha value is -2.07. The predicted octanol–water partition coefficient (Wildman–Crippen LogP) is 0.998. The average molecular weight is 851 g/mol. The van der Waals surface area contributed by atoms with Crippen LogP contribution < -0.4 is 0 Å². The van der Waals surface area contributed by atoms with Crippen LogP contribution in [0.1, 0.15) is 66.2 Å². The van der Waals surface area contributed by atoms with Crippen LogP contribution in [0.25, 0.3) is 0 Å². The number of fused-ring (bicyclic) bond motifs is 7. The van der Waals surface area contributed by atoms with Crippen LogP contribution >= 0.6 is 0 Å². The molecule has 2 bridgehead atoms. The third-order valence-electron chi connectivity index (χ3n) is 11.5. The maximum Gasteiger partial charge on any atom is 0.311 e. The highest BCUT2D eigenvalue weighted by Gasteiger charge is 2.67. The summed E-state index contributed by atoms with van der Waals surface area (Å²) in [4.78, 5) is 38.3. The van der Waals surface area contributed by atoms with Crippen LogP contribution in [0.4, 0.5) is 0 Å². The van der Waals surface area contributed by atoms with Crippen molar-refractivity contribution in [3.8, 4) is 0 Å². The van der Waals surface area contributed by atoms with E-state index in [1.807, 2.05) is 6.92 Å². The molecule has 342 valence electrons. The first kappa shape index (κ1) is 49.6. The van der Waals surface area contributed by atoms with E-state index in [0.717, 1.165) is 12.8 Å². The highest BCUT2D eigenvalue weighted by Crippen LogP contribution is 2.51. The Morgan fingerprint density at radius 2 is 0.898 bits per heavy atom. The van der Waals surface area contributed by atoms with Gasteiger partial charge in [0.25, 0.3) is 0 Å². The number of epoxide rings is 3. The predicted molar refractivity (Wildman–Crippen MR) is 206 cm³/mol. The van der Waals surface area contributed by atoms with Crippen LogP contribution in [0.5, 0.6) is 0 Å². The number of methoxy groups -OCH3 is 2. The summed E-state index contributed by atoms with van der Waals surface area (Å²) in [6.45, 7) is 9.53. The van der Waals surface area contributed by atoms with Crippen LogP contribution in [0.15, 0.2) is 0 Å². The second-order valence-electron chi connectivity index (χ2n) is 15.6. The molecule has 0 aromatic carbocycles. The Bertz CT molecular complexity index is 1190. The number of aliphatic hydroxyl groups excluding tert-OH is 3. The van der Waals surface area contributed by atoms with Crippen molar-refractivity contribution in [2.45, 2.75) is 127 Å². The molecule has 0 radical (unpaired) electrons. The SMILES string of the molecule is CCC(COCCOC(=O)C1CCC2OC2C1OC)(COCCOC(=O)C1CCC2OC2C1OC)COCCOC(=O)C1CC2OC1C1OC21.CCO.CCO.CCO. The van der Waals surface area contributed by atoms with E-state index >= 15 is 0 Å². The molecule has 5 saturated heterocycles. The molecule has 13 unspecified atom stereocenters. The Kier molecular flexibility index (Phi) is 21.1. The monoisotopic (exact) mass is 850 g/mol. The summed E-state index contributed by atoms with van der Waals surface area (Å²) in [5.41, 5.74) is -0.555. The van der Waals surface area contributed by atoms with Gasteiger partial charge in [-0.2, -0.15) is 0 Å². The lowest BCUT2D eigenvalue weighted by Gasteiger charge is -2.32. The molecule has 5 aliphatic heterocycles.